The van der Waals surface area contributed by atoms with E-state index in [0.29, 0.717) is 25.2 Å². The molecule has 2 aromatic rings. The second-order valence-electron chi connectivity index (χ2n) is 7.21. The molecule has 0 amide bonds. The van der Waals surface area contributed by atoms with Crippen LogP contribution in [0.1, 0.15) is 42.6 Å². The fourth-order valence-electron chi connectivity index (χ4n) is 2.89. The highest BCUT2D eigenvalue weighted by atomic mass is 16.5. The third-order valence-electron chi connectivity index (χ3n) is 4.80. The molecular formula is C25H30O5. The first-order valence-electron chi connectivity index (χ1n) is 10.2. The first-order chi connectivity index (χ1) is 14.5. The third-order valence-corrected chi connectivity index (χ3v) is 4.80. The van der Waals surface area contributed by atoms with Gasteiger partial charge in [0.15, 0.2) is 11.9 Å². The van der Waals surface area contributed by atoms with Gasteiger partial charge in [0.1, 0.15) is 0 Å². The minimum atomic E-state index is -0.919. The Hall–Kier alpha value is -2.76. The van der Waals surface area contributed by atoms with Crippen molar-refractivity contribution >= 4 is 11.8 Å². The average molecular weight is 411 g/mol. The van der Waals surface area contributed by atoms with Gasteiger partial charge in [-0.05, 0) is 37.5 Å². The highest BCUT2D eigenvalue weighted by Crippen LogP contribution is 2.14. The quantitative estimate of drug-likeness (QED) is 0.320. The molecule has 0 aliphatic rings. The van der Waals surface area contributed by atoms with Crippen LogP contribution in [-0.4, -0.2) is 35.7 Å². The van der Waals surface area contributed by atoms with Gasteiger partial charge >= 0.3 is 5.97 Å². The third kappa shape index (κ3) is 7.93. The van der Waals surface area contributed by atoms with Crippen LogP contribution in [0.2, 0.25) is 0 Å². The Labute approximate surface area is 178 Å². The number of Topliss-reactive ketones (excluding diaryl/α,β-unsaturated/α-hetero) is 1. The van der Waals surface area contributed by atoms with E-state index in [2.05, 4.69) is 0 Å². The Balaban J connectivity index is 1.67. The molecule has 1 N–H and O–H groups in total. The molecule has 0 saturated heterocycles. The number of carbonyl (C=O) groups is 2. The van der Waals surface area contributed by atoms with Crippen molar-refractivity contribution in [2.45, 2.75) is 45.5 Å². The number of hydrogen-bond donors (Lipinski definition) is 1. The van der Waals surface area contributed by atoms with Crippen molar-refractivity contribution in [3.63, 3.8) is 0 Å². The van der Waals surface area contributed by atoms with Crippen molar-refractivity contribution in [1.29, 1.82) is 0 Å². The van der Waals surface area contributed by atoms with E-state index < -0.39 is 24.1 Å². The van der Waals surface area contributed by atoms with Gasteiger partial charge in [0.2, 0.25) is 0 Å². The molecule has 0 aromatic heterocycles. The summed E-state index contributed by atoms with van der Waals surface area (Å²) in [7, 11) is 0. The van der Waals surface area contributed by atoms with Crippen LogP contribution >= 0.6 is 0 Å². The molecule has 0 aliphatic carbocycles. The van der Waals surface area contributed by atoms with Gasteiger partial charge < -0.3 is 14.6 Å². The fourth-order valence-corrected chi connectivity index (χ4v) is 2.89. The van der Waals surface area contributed by atoms with E-state index in [1.54, 1.807) is 37.3 Å². The maximum atomic E-state index is 12.5. The molecule has 0 unspecified atom stereocenters. The van der Waals surface area contributed by atoms with Crippen LogP contribution in [0.4, 0.5) is 0 Å². The number of esters is 1. The minimum absolute atomic E-state index is 0.300. The molecule has 0 saturated carbocycles. The van der Waals surface area contributed by atoms with Crippen LogP contribution in [0.15, 0.2) is 72.8 Å². The van der Waals surface area contributed by atoms with E-state index in [0.717, 1.165) is 12.0 Å². The zero-order chi connectivity index (χ0) is 21.8. The van der Waals surface area contributed by atoms with Crippen LogP contribution in [0.3, 0.4) is 0 Å². The molecule has 0 heterocycles. The van der Waals surface area contributed by atoms with Crippen molar-refractivity contribution in [3.05, 3.63) is 83.9 Å². The second-order valence-corrected chi connectivity index (χ2v) is 7.21. The zero-order valence-corrected chi connectivity index (χ0v) is 17.6. The first kappa shape index (κ1) is 23.5. The minimum Gasteiger partial charge on any atom is -0.451 e. The topological polar surface area (TPSA) is 72.8 Å². The van der Waals surface area contributed by atoms with Gasteiger partial charge in [-0.15, -0.1) is 0 Å². The van der Waals surface area contributed by atoms with E-state index in [1.807, 2.05) is 42.5 Å². The summed E-state index contributed by atoms with van der Waals surface area (Å²) in [5, 5.41) is 10.3. The molecule has 0 aliphatic heterocycles. The van der Waals surface area contributed by atoms with Gasteiger partial charge in [-0.2, -0.15) is 0 Å². The summed E-state index contributed by atoms with van der Waals surface area (Å²) in [5.41, 5.74) is 1.52. The lowest BCUT2D eigenvalue weighted by Gasteiger charge is -2.20. The van der Waals surface area contributed by atoms with Gasteiger partial charge in [-0.1, -0.05) is 67.6 Å². The summed E-state index contributed by atoms with van der Waals surface area (Å²) in [4.78, 5) is 24.6. The van der Waals surface area contributed by atoms with Crippen molar-refractivity contribution < 1.29 is 24.2 Å². The molecule has 5 heteroatoms. The van der Waals surface area contributed by atoms with Crippen LogP contribution in [0, 0.1) is 5.92 Å². The highest BCUT2D eigenvalue weighted by molar-refractivity contribution is 5.93. The lowest BCUT2D eigenvalue weighted by Crippen LogP contribution is -2.35. The molecule has 0 bridgehead atoms. The van der Waals surface area contributed by atoms with Crippen LogP contribution in [0.5, 0.6) is 0 Å². The van der Waals surface area contributed by atoms with Crippen LogP contribution in [-0.2, 0) is 20.9 Å². The Morgan fingerprint density at radius 3 is 2.27 bits per heavy atom. The Morgan fingerprint density at radius 2 is 1.60 bits per heavy atom. The molecule has 5 nitrogen and oxygen atoms in total. The maximum absolute atomic E-state index is 12.5. The summed E-state index contributed by atoms with van der Waals surface area (Å²) in [6.07, 6.45) is 3.11. The predicted octanol–water partition coefficient (Wildman–Crippen LogP) is 4.35. The number of ketones is 1. The van der Waals surface area contributed by atoms with Crippen molar-refractivity contribution in [2.75, 3.05) is 6.61 Å². The molecule has 30 heavy (non-hydrogen) atoms. The van der Waals surface area contributed by atoms with Crippen molar-refractivity contribution in [2.24, 2.45) is 5.92 Å². The summed E-state index contributed by atoms with van der Waals surface area (Å²) >= 11 is 0. The van der Waals surface area contributed by atoms with Gasteiger partial charge in [-0.25, -0.2) is 4.79 Å². The standard InChI is InChI=1S/C25H30O5/c1-19(24(27)20(2)30-25(28)22-14-8-4-9-15-22)23(26)16-10-5-11-17-29-18-21-12-6-3-7-13-21/h3-10,12-15,19-20,23,26H,11,16-18H2,1-2H3/b10-5+/t19-,20+,23-/m1/s1. The maximum Gasteiger partial charge on any atom is 0.338 e. The number of ether oxygens (including phenoxy) is 2. The molecule has 0 radical (unpaired) electrons. The largest absolute Gasteiger partial charge is 0.451 e. The molecule has 3 atom stereocenters. The molecular weight excluding hydrogens is 380 g/mol. The number of carbonyl (C=O) groups excluding carboxylic acids is 2. The number of aliphatic hydroxyl groups is 1. The average Bonchev–Trinajstić information content (AvgIpc) is 2.78. The lowest BCUT2D eigenvalue weighted by molar-refractivity contribution is -0.133. The summed E-state index contributed by atoms with van der Waals surface area (Å²) in [6, 6.07) is 18.5. The number of aliphatic hydroxyl groups excluding tert-OH is 1. The van der Waals surface area contributed by atoms with E-state index >= 15 is 0 Å². The van der Waals surface area contributed by atoms with Crippen molar-refractivity contribution in [1.82, 2.24) is 0 Å². The summed E-state index contributed by atoms with van der Waals surface area (Å²) in [5.74, 6) is -1.48. The fraction of sp³-hybridized carbons (Fsp3) is 0.360. The SMILES string of the molecule is C[C@H](OC(=O)c1ccccc1)C(=O)[C@H](C)[C@H](O)C/C=C/CCOCc1ccccc1. The van der Waals surface area contributed by atoms with Gasteiger partial charge in [0, 0.05) is 5.92 Å². The number of benzene rings is 2. The summed E-state index contributed by atoms with van der Waals surface area (Å²) in [6.45, 7) is 4.34. The van der Waals surface area contributed by atoms with E-state index in [9.17, 15) is 14.7 Å². The van der Waals surface area contributed by atoms with Gasteiger partial charge in [0.05, 0.1) is 24.9 Å². The van der Waals surface area contributed by atoms with E-state index in [-0.39, 0.29) is 5.78 Å². The summed E-state index contributed by atoms with van der Waals surface area (Å²) < 4.78 is 10.8. The normalized spacial score (nSPS) is 14.2. The Morgan fingerprint density at radius 1 is 0.967 bits per heavy atom. The molecule has 2 rings (SSSR count). The van der Waals surface area contributed by atoms with Crippen LogP contribution in [0.25, 0.3) is 0 Å². The molecule has 0 fully saturated rings. The predicted molar refractivity (Wildman–Crippen MR) is 116 cm³/mol. The smallest absolute Gasteiger partial charge is 0.338 e. The number of rotatable bonds is 12. The highest BCUT2D eigenvalue weighted by Gasteiger charge is 2.28. The zero-order valence-electron chi connectivity index (χ0n) is 17.6. The lowest BCUT2D eigenvalue weighted by atomic mass is 9.94. The Bertz CT molecular complexity index is 801. The molecule has 2 aromatic carbocycles. The van der Waals surface area contributed by atoms with E-state index in [4.69, 9.17) is 9.47 Å². The molecule has 160 valence electrons. The monoisotopic (exact) mass is 410 g/mol. The number of hydrogen-bond acceptors (Lipinski definition) is 5. The Kier molecular flexibility index (Phi) is 9.98. The van der Waals surface area contributed by atoms with Crippen LogP contribution < -0.4 is 0 Å². The second kappa shape index (κ2) is 12.7. The van der Waals surface area contributed by atoms with Gasteiger partial charge in [-0.3, -0.25) is 4.79 Å². The van der Waals surface area contributed by atoms with E-state index in [1.165, 1.54) is 6.92 Å². The first-order valence-corrected chi connectivity index (χ1v) is 10.2. The van der Waals surface area contributed by atoms with Crippen molar-refractivity contribution in [3.8, 4) is 0 Å². The molecule has 0 spiro atoms. The van der Waals surface area contributed by atoms with Gasteiger partial charge in [0.25, 0.3) is 0 Å².